The van der Waals surface area contributed by atoms with Crippen molar-refractivity contribution in [2.24, 2.45) is 0 Å². The van der Waals surface area contributed by atoms with Crippen molar-refractivity contribution in [2.75, 3.05) is 15.6 Å². The molecule has 30 heavy (non-hydrogen) atoms. The highest BCUT2D eigenvalue weighted by Gasteiger charge is 2.60. The van der Waals surface area contributed by atoms with Crippen LogP contribution < -0.4 is 9.80 Å². The van der Waals surface area contributed by atoms with Crippen LogP contribution in [0.3, 0.4) is 0 Å². The first-order valence-corrected chi connectivity index (χ1v) is 10.4. The molecule has 1 atom stereocenters. The van der Waals surface area contributed by atoms with Crippen LogP contribution in [0, 0.1) is 11.6 Å². The molecule has 2 aliphatic rings. The summed E-state index contributed by atoms with van der Waals surface area (Å²) in [6, 6.07) is 19.0. The Labute approximate surface area is 176 Å². The van der Waals surface area contributed by atoms with Gasteiger partial charge in [-0.1, -0.05) is 36.4 Å². The average Bonchev–Trinajstić information content (AvgIpc) is 3.21. The van der Waals surface area contributed by atoms with Crippen LogP contribution in [0.2, 0.25) is 0 Å². The Kier molecular flexibility index (Phi) is 4.36. The van der Waals surface area contributed by atoms with Crippen LogP contribution in [-0.4, -0.2) is 17.6 Å². The van der Waals surface area contributed by atoms with E-state index in [1.54, 1.807) is 23.1 Å². The first-order chi connectivity index (χ1) is 14.5. The van der Waals surface area contributed by atoms with Crippen molar-refractivity contribution in [3.63, 3.8) is 0 Å². The third-order valence-electron chi connectivity index (χ3n) is 5.38. The van der Waals surface area contributed by atoms with Gasteiger partial charge in [0, 0.05) is 11.3 Å². The maximum Gasteiger partial charge on any atom is 0.269 e. The summed E-state index contributed by atoms with van der Waals surface area (Å²) in [7, 11) is 0. The number of amides is 2. The van der Waals surface area contributed by atoms with Gasteiger partial charge in [0.05, 0.1) is 18.0 Å². The summed E-state index contributed by atoms with van der Waals surface area (Å²) in [6.45, 7) is 0.240. The minimum Gasteiger partial charge on any atom is -0.304 e. The van der Waals surface area contributed by atoms with Crippen molar-refractivity contribution in [1.29, 1.82) is 0 Å². The van der Waals surface area contributed by atoms with Crippen molar-refractivity contribution < 1.29 is 18.4 Å². The van der Waals surface area contributed by atoms with Crippen molar-refractivity contribution >= 4 is 35.0 Å². The molecule has 3 aromatic carbocycles. The van der Waals surface area contributed by atoms with Gasteiger partial charge in [0.25, 0.3) is 5.91 Å². The highest BCUT2D eigenvalue weighted by molar-refractivity contribution is 8.02. The van der Waals surface area contributed by atoms with Crippen molar-refractivity contribution in [2.45, 2.75) is 11.4 Å². The number of benzene rings is 3. The van der Waals surface area contributed by atoms with Crippen LogP contribution >= 0.6 is 11.8 Å². The van der Waals surface area contributed by atoms with Crippen LogP contribution in [-0.2, 0) is 21.0 Å². The van der Waals surface area contributed by atoms with Crippen LogP contribution in [0.25, 0.3) is 0 Å². The zero-order chi connectivity index (χ0) is 20.9. The Hall–Kier alpha value is -3.19. The lowest BCUT2D eigenvalue weighted by atomic mass is 10.0. The summed E-state index contributed by atoms with van der Waals surface area (Å²) in [4.78, 5) is 28.4. The minimum atomic E-state index is -1.29. The second kappa shape index (κ2) is 6.95. The molecule has 1 fully saturated rings. The number of fused-ring (bicyclic) bond motifs is 2. The van der Waals surface area contributed by atoms with E-state index in [2.05, 4.69) is 0 Å². The predicted molar refractivity (Wildman–Crippen MR) is 112 cm³/mol. The lowest BCUT2D eigenvalue weighted by Gasteiger charge is -2.33. The molecule has 0 saturated carbocycles. The predicted octanol–water partition coefficient (Wildman–Crippen LogP) is 4.44. The van der Waals surface area contributed by atoms with Gasteiger partial charge in [-0.05, 0) is 42.0 Å². The van der Waals surface area contributed by atoms with Crippen LogP contribution in [0.5, 0.6) is 0 Å². The molecule has 0 aromatic heterocycles. The monoisotopic (exact) mass is 422 g/mol. The molecule has 2 heterocycles. The molecule has 2 aliphatic heterocycles. The number of hydrogen-bond acceptors (Lipinski definition) is 3. The molecule has 4 nitrogen and oxygen atoms in total. The smallest absolute Gasteiger partial charge is 0.269 e. The number of halogens is 2. The number of para-hydroxylation sites is 1. The molecule has 1 saturated heterocycles. The van der Waals surface area contributed by atoms with E-state index in [0.717, 1.165) is 5.56 Å². The second-order valence-corrected chi connectivity index (χ2v) is 8.34. The number of carbonyl (C=O) groups excluding carboxylic acids is 2. The van der Waals surface area contributed by atoms with Crippen LogP contribution in [0.15, 0.2) is 72.8 Å². The molecule has 0 bridgehead atoms. The fourth-order valence-electron chi connectivity index (χ4n) is 4.10. The van der Waals surface area contributed by atoms with E-state index in [9.17, 15) is 18.4 Å². The molecule has 2 amide bonds. The Bertz CT molecular complexity index is 1170. The molecule has 0 aliphatic carbocycles. The van der Waals surface area contributed by atoms with Gasteiger partial charge in [-0.2, -0.15) is 0 Å². The zero-order valence-electron chi connectivity index (χ0n) is 15.7. The molecule has 0 unspecified atom stereocenters. The van der Waals surface area contributed by atoms with E-state index in [1.807, 2.05) is 24.3 Å². The molecule has 7 heteroatoms. The molecule has 1 spiro atoms. The normalized spacial score (nSPS) is 20.3. The fourth-order valence-corrected chi connectivity index (χ4v) is 5.46. The minimum absolute atomic E-state index is 0.112. The number of thioether (sulfide) groups is 1. The summed E-state index contributed by atoms with van der Waals surface area (Å²) in [6.07, 6.45) is 0. The van der Waals surface area contributed by atoms with E-state index in [1.165, 1.54) is 47.0 Å². The lowest BCUT2D eigenvalue weighted by Crippen LogP contribution is -2.49. The number of carbonyl (C=O) groups is 2. The van der Waals surface area contributed by atoms with Gasteiger partial charge < -0.3 is 4.90 Å². The third kappa shape index (κ3) is 2.73. The SMILES string of the molecule is O=C1CS[C@]2(C(=O)N(Cc3ccc(F)cc3)c3ccccc32)N1c1cccc(F)c1. The fraction of sp³-hybridized carbons (Fsp3) is 0.130. The Morgan fingerprint density at radius 3 is 2.43 bits per heavy atom. The summed E-state index contributed by atoms with van der Waals surface area (Å²) < 4.78 is 27.3. The molecular weight excluding hydrogens is 406 g/mol. The Balaban J connectivity index is 1.64. The van der Waals surface area contributed by atoms with Gasteiger partial charge in [0.15, 0.2) is 0 Å². The molecule has 0 radical (unpaired) electrons. The van der Waals surface area contributed by atoms with Crippen molar-refractivity contribution in [3.05, 3.63) is 95.6 Å². The second-order valence-electron chi connectivity index (χ2n) is 7.18. The maximum atomic E-state index is 13.9. The molecule has 3 aromatic rings. The van der Waals surface area contributed by atoms with Gasteiger partial charge >= 0.3 is 0 Å². The first-order valence-electron chi connectivity index (χ1n) is 9.39. The lowest BCUT2D eigenvalue weighted by molar-refractivity contribution is -0.123. The molecule has 0 N–H and O–H groups in total. The average molecular weight is 422 g/mol. The summed E-state index contributed by atoms with van der Waals surface area (Å²) in [5, 5.41) is 0. The van der Waals surface area contributed by atoms with Gasteiger partial charge in [0.1, 0.15) is 11.6 Å². The van der Waals surface area contributed by atoms with Crippen molar-refractivity contribution in [1.82, 2.24) is 0 Å². The van der Waals surface area contributed by atoms with Crippen molar-refractivity contribution in [3.8, 4) is 0 Å². The van der Waals surface area contributed by atoms with E-state index in [4.69, 9.17) is 0 Å². The summed E-state index contributed by atoms with van der Waals surface area (Å²) in [5.74, 6) is -1.24. The van der Waals surface area contributed by atoms with Gasteiger partial charge in [0.2, 0.25) is 10.8 Å². The Morgan fingerprint density at radius 1 is 0.900 bits per heavy atom. The molecule has 5 rings (SSSR count). The standard InChI is InChI=1S/C23H16F2N2O2S/c24-16-10-8-15(9-11-16)13-26-20-7-2-1-6-19(20)23(22(26)29)27(21(28)14-30-23)18-5-3-4-17(25)12-18/h1-12H,13-14H2/t23-/m1/s1. The quantitative estimate of drug-likeness (QED) is 0.627. The van der Waals surface area contributed by atoms with E-state index < -0.39 is 10.7 Å². The number of hydrogen-bond donors (Lipinski definition) is 0. The first kappa shape index (κ1) is 18.8. The highest BCUT2D eigenvalue weighted by Crippen LogP contribution is 2.55. The summed E-state index contributed by atoms with van der Waals surface area (Å²) >= 11 is 1.24. The summed E-state index contributed by atoms with van der Waals surface area (Å²) in [5.41, 5.74) is 2.49. The Morgan fingerprint density at radius 2 is 1.67 bits per heavy atom. The number of nitrogens with zero attached hydrogens (tertiary/aromatic N) is 2. The number of anilines is 2. The number of rotatable bonds is 3. The van der Waals surface area contributed by atoms with E-state index in [0.29, 0.717) is 16.9 Å². The van der Waals surface area contributed by atoms with Crippen LogP contribution in [0.1, 0.15) is 11.1 Å². The van der Waals surface area contributed by atoms with Gasteiger partial charge in [-0.3, -0.25) is 14.5 Å². The molecular formula is C23H16F2N2O2S. The van der Waals surface area contributed by atoms with E-state index >= 15 is 0 Å². The van der Waals surface area contributed by atoms with E-state index in [-0.39, 0.29) is 29.9 Å². The highest BCUT2D eigenvalue weighted by atomic mass is 32.2. The molecule has 150 valence electrons. The topological polar surface area (TPSA) is 40.6 Å². The third-order valence-corrected chi connectivity index (χ3v) is 6.77. The zero-order valence-corrected chi connectivity index (χ0v) is 16.5. The van der Waals surface area contributed by atoms with Crippen LogP contribution in [0.4, 0.5) is 20.2 Å². The van der Waals surface area contributed by atoms with Gasteiger partial charge in [-0.25, -0.2) is 8.78 Å². The largest absolute Gasteiger partial charge is 0.304 e. The van der Waals surface area contributed by atoms with Gasteiger partial charge in [-0.15, -0.1) is 11.8 Å². The maximum absolute atomic E-state index is 13.9.